The lowest BCUT2D eigenvalue weighted by molar-refractivity contribution is -0.126. The highest BCUT2D eigenvalue weighted by molar-refractivity contribution is 5.98. The van der Waals surface area contributed by atoms with Crippen molar-refractivity contribution in [2.24, 2.45) is 11.7 Å². The van der Waals surface area contributed by atoms with Crippen molar-refractivity contribution in [3.8, 4) is 0 Å². The van der Waals surface area contributed by atoms with E-state index in [1.807, 2.05) is 0 Å². The van der Waals surface area contributed by atoms with Gasteiger partial charge in [0.2, 0.25) is 11.8 Å². The van der Waals surface area contributed by atoms with Crippen LogP contribution in [0.15, 0.2) is 24.3 Å². The maximum atomic E-state index is 12.8. The zero-order valence-corrected chi connectivity index (χ0v) is 11.9. The zero-order valence-electron chi connectivity index (χ0n) is 11.9. The second kappa shape index (κ2) is 7.37. The number of nitrogens with two attached hydrogens (primary N) is 1. The molecule has 0 bridgehead atoms. The van der Waals surface area contributed by atoms with Gasteiger partial charge in [0.05, 0.1) is 6.54 Å². The van der Waals surface area contributed by atoms with E-state index in [0.29, 0.717) is 0 Å². The Kier molecular flexibility index (Phi) is 5.83. The highest BCUT2D eigenvalue weighted by Crippen LogP contribution is 2.06. The predicted molar refractivity (Wildman–Crippen MR) is 74.7 cm³/mol. The van der Waals surface area contributed by atoms with E-state index >= 15 is 0 Å². The van der Waals surface area contributed by atoms with Crippen molar-refractivity contribution >= 4 is 17.7 Å². The molecule has 0 spiro atoms. The van der Waals surface area contributed by atoms with Gasteiger partial charge in [-0.2, -0.15) is 0 Å². The van der Waals surface area contributed by atoms with Crippen LogP contribution in [-0.2, 0) is 9.59 Å². The molecular weight excluding hydrogens is 277 g/mol. The molecule has 114 valence electrons. The first-order valence-corrected chi connectivity index (χ1v) is 6.43. The van der Waals surface area contributed by atoms with Crippen molar-refractivity contribution in [3.05, 3.63) is 35.6 Å². The zero-order chi connectivity index (χ0) is 16.0. The van der Waals surface area contributed by atoms with E-state index in [2.05, 4.69) is 10.6 Å². The summed E-state index contributed by atoms with van der Waals surface area (Å²) < 4.78 is 12.8. The van der Waals surface area contributed by atoms with Gasteiger partial charge in [0.1, 0.15) is 11.9 Å². The Morgan fingerprint density at radius 1 is 1.19 bits per heavy atom. The van der Waals surface area contributed by atoms with Gasteiger partial charge in [-0.15, -0.1) is 0 Å². The Morgan fingerprint density at radius 3 is 2.24 bits per heavy atom. The molecule has 0 fully saturated rings. The molecule has 1 rings (SSSR count). The van der Waals surface area contributed by atoms with E-state index in [9.17, 15) is 18.8 Å². The van der Waals surface area contributed by atoms with Crippen molar-refractivity contribution in [1.82, 2.24) is 10.6 Å². The third-order valence-corrected chi connectivity index (χ3v) is 2.78. The van der Waals surface area contributed by atoms with E-state index in [1.54, 1.807) is 13.8 Å². The number of benzene rings is 1. The van der Waals surface area contributed by atoms with Crippen molar-refractivity contribution in [3.63, 3.8) is 0 Å². The highest BCUT2D eigenvalue weighted by Gasteiger charge is 2.24. The Bertz CT molecular complexity index is 529. The minimum atomic E-state index is -0.818. The maximum Gasteiger partial charge on any atom is 0.251 e. The van der Waals surface area contributed by atoms with E-state index in [4.69, 9.17) is 5.73 Å². The van der Waals surface area contributed by atoms with Gasteiger partial charge in [-0.05, 0) is 30.2 Å². The molecule has 0 aliphatic rings. The lowest BCUT2D eigenvalue weighted by atomic mass is 10.0. The first-order valence-electron chi connectivity index (χ1n) is 6.43. The van der Waals surface area contributed by atoms with Gasteiger partial charge >= 0.3 is 0 Å². The molecule has 4 N–H and O–H groups in total. The first-order chi connectivity index (χ1) is 9.81. The van der Waals surface area contributed by atoms with Gasteiger partial charge in [0.25, 0.3) is 5.91 Å². The van der Waals surface area contributed by atoms with Gasteiger partial charge < -0.3 is 16.4 Å². The summed E-state index contributed by atoms with van der Waals surface area (Å²) in [5, 5.41) is 4.89. The van der Waals surface area contributed by atoms with Crippen molar-refractivity contribution < 1.29 is 18.8 Å². The highest BCUT2D eigenvalue weighted by atomic mass is 19.1. The third-order valence-electron chi connectivity index (χ3n) is 2.78. The van der Waals surface area contributed by atoms with Crippen molar-refractivity contribution in [1.29, 1.82) is 0 Å². The van der Waals surface area contributed by atoms with Gasteiger partial charge in [-0.1, -0.05) is 13.8 Å². The number of halogens is 1. The molecular formula is C14H18FN3O3. The summed E-state index contributed by atoms with van der Waals surface area (Å²) in [5.74, 6) is -2.31. The average Bonchev–Trinajstić information content (AvgIpc) is 2.42. The number of hydrogen-bond donors (Lipinski definition) is 3. The number of rotatable bonds is 6. The van der Waals surface area contributed by atoms with Crippen LogP contribution in [0.3, 0.4) is 0 Å². The molecule has 0 radical (unpaired) electrons. The largest absolute Gasteiger partial charge is 0.368 e. The topological polar surface area (TPSA) is 101 Å². The standard InChI is InChI=1S/C14H18FN3O3/c1-8(2)12(14(21)17-7-11(16)19)18-13(20)9-3-5-10(15)6-4-9/h3-6,8,12H,7H2,1-2H3,(H2,16,19)(H,17,21)(H,18,20). The van der Waals surface area contributed by atoms with E-state index in [0.717, 1.165) is 12.1 Å². The fourth-order valence-corrected chi connectivity index (χ4v) is 1.64. The number of carbonyl (C=O) groups excluding carboxylic acids is 3. The lowest BCUT2D eigenvalue weighted by Gasteiger charge is -2.21. The third kappa shape index (κ3) is 5.21. The molecule has 1 aromatic rings. The molecule has 3 amide bonds. The van der Waals surface area contributed by atoms with Crippen molar-refractivity contribution in [2.45, 2.75) is 19.9 Å². The summed E-state index contributed by atoms with van der Waals surface area (Å²) in [7, 11) is 0. The van der Waals surface area contributed by atoms with Crippen LogP contribution in [0.4, 0.5) is 4.39 Å². The molecule has 21 heavy (non-hydrogen) atoms. The van der Waals surface area contributed by atoms with Crippen LogP contribution in [0.1, 0.15) is 24.2 Å². The normalized spacial score (nSPS) is 11.8. The molecule has 0 saturated heterocycles. The molecule has 0 saturated carbocycles. The van der Waals surface area contributed by atoms with Crippen LogP contribution >= 0.6 is 0 Å². The van der Waals surface area contributed by atoms with Gasteiger partial charge in [0, 0.05) is 5.56 Å². The quantitative estimate of drug-likeness (QED) is 0.698. The Balaban J connectivity index is 2.73. The molecule has 7 heteroatoms. The van der Waals surface area contributed by atoms with Crippen LogP contribution in [0.2, 0.25) is 0 Å². The molecule has 0 aliphatic heterocycles. The molecule has 0 heterocycles. The van der Waals surface area contributed by atoms with Crippen LogP contribution in [0.5, 0.6) is 0 Å². The van der Waals surface area contributed by atoms with E-state index < -0.39 is 29.6 Å². The minimum Gasteiger partial charge on any atom is -0.368 e. The van der Waals surface area contributed by atoms with Gasteiger partial charge in [-0.3, -0.25) is 14.4 Å². The predicted octanol–water partition coefficient (Wildman–Crippen LogP) is 0.182. The first kappa shape index (κ1) is 16.6. The molecule has 1 aromatic carbocycles. The summed E-state index contributed by atoms with van der Waals surface area (Å²) in [5.41, 5.74) is 5.19. The number of carbonyl (C=O) groups is 3. The molecule has 6 nitrogen and oxygen atoms in total. The summed E-state index contributed by atoms with van der Waals surface area (Å²) >= 11 is 0. The van der Waals surface area contributed by atoms with Crippen molar-refractivity contribution in [2.75, 3.05) is 6.54 Å². The van der Waals surface area contributed by atoms with Crippen LogP contribution < -0.4 is 16.4 Å². The summed E-state index contributed by atoms with van der Waals surface area (Å²) in [6.45, 7) is 3.20. The monoisotopic (exact) mass is 295 g/mol. The lowest BCUT2D eigenvalue weighted by Crippen LogP contribution is -2.51. The maximum absolute atomic E-state index is 12.8. The van der Waals surface area contributed by atoms with E-state index in [1.165, 1.54) is 12.1 Å². The Labute approximate surface area is 121 Å². The molecule has 0 aromatic heterocycles. The second-order valence-corrected chi connectivity index (χ2v) is 4.89. The number of amides is 3. The van der Waals surface area contributed by atoms with Crippen LogP contribution in [-0.4, -0.2) is 30.3 Å². The molecule has 0 aliphatic carbocycles. The smallest absolute Gasteiger partial charge is 0.251 e. The summed E-state index contributed by atoms with van der Waals surface area (Å²) in [6.07, 6.45) is 0. The van der Waals surface area contributed by atoms with Crippen LogP contribution in [0, 0.1) is 11.7 Å². The molecule has 1 unspecified atom stereocenters. The van der Waals surface area contributed by atoms with E-state index in [-0.39, 0.29) is 18.0 Å². The average molecular weight is 295 g/mol. The number of primary amides is 1. The fourth-order valence-electron chi connectivity index (χ4n) is 1.64. The summed E-state index contributed by atoms with van der Waals surface area (Å²) in [6, 6.07) is 4.15. The Hall–Kier alpha value is -2.44. The summed E-state index contributed by atoms with van der Waals surface area (Å²) in [4.78, 5) is 34.6. The second-order valence-electron chi connectivity index (χ2n) is 4.89. The van der Waals surface area contributed by atoms with Gasteiger partial charge in [-0.25, -0.2) is 4.39 Å². The molecule has 1 atom stereocenters. The van der Waals surface area contributed by atoms with Crippen LogP contribution in [0.25, 0.3) is 0 Å². The van der Waals surface area contributed by atoms with Gasteiger partial charge in [0.15, 0.2) is 0 Å². The Morgan fingerprint density at radius 2 is 1.76 bits per heavy atom. The fraction of sp³-hybridized carbons (Fsp3) is 0.357. The number of nitrogens with one attached hydrogen (secondary N) is 2. The number of hydrogen-bond acceptors (Lipinski definition) is 3. The minimum absolute atomic E-state index is 0.192. The SMILES string of the molecule is CC(C)C(NC(=O)c1ccc(F)cc1)C(=O)NCC(N)=O.